The third-order valence-corrected chi connectivity index (χ3v) is 3.98. The first-order valence-electron chi connectivity index (χ1n) is 5.48. The lowest BCUT2D eigenvalue weighted by Gasteiger charge is -2.17. The Morgan fingerprint density at radius 1 is 1.53 bits per heavy atom. The van der Waals surface area contributed by atoms with E-state index < -0.39 is 11.0 Å². The quantitative estimate of drug-likeness (QED) is 0.826. The minimum absolute atomic E-state index is 0.562. The standard InChI is InChI=1S/C11H13BrN2O3S2/c1-14(4-3-13-19(2)15)9-5-8(18)11-10(17-9)7(12)6-16-11/h5-6,13H,3-4H2,1-2H3. The molecule has 2 aromatic rings. The number of furan rings is 1. The van der Waals surface area contributed by atoms with Crippen molar-refractivity contribution in [1.29, 1.82) is 0 Å². The van der Waals surface area contributed by atoms with Gasteiger partial charge in [-0.2, -0.15) is 0 Å². The summed E-state index contributed by atoms with van der Waals surface area (Å²) in [6, 6.07) is 1.75. The first-order valence-corrected chi connectivity index (χ1v) is 8.24. The highest BCUT2D eigenvalue weighted by molar-refractivity contribution is 9.10. The smallest absolute Gasteiger partial charge is 0.197 e. The van der Waals surface area contributed by atoms with Gasteiger partial charge in [-0.25, -0.2) is 8.93 Å². The fourth-order valence-corrected chi connectivity index (χ4v) is 2.53. The summed E-state index contributed by atoms with van der Waals surface area (Å²) in [6.07, 6.45) is 3.15. The van der Waals surface area contributed by atoms with E-state index >= 15 is 0 Å². The zero-order valence-electron chi connectivity index (χ0n) is 10.4. The molecule has 5 nitrogen and oxygen atoms in total. The molecular weight excluding hydrogens is 352 g/mol. The molecule has 0 aliphatic carbocycles. The van der Waals surface area contributed by atoms with E-state index in [2.05, 4.69) is 20.7 Å². The fourth-order valence-electron chi connectivity index (χ4n) is 1.56. The van der Waals surface area contributed by atoms with Gasteiger partial charge in [-0.3, -0.25) is 0 Å². The lowest BCUT2D eigenvalue weighted by Crippen LogP contribution is -2.29. The van der Waals surface area contributed by atoms with Crippen molar-refractivity contribution >= 4 is 56.2 Å². The third kappa shape index (κ3) is 3.44. The monoisotopic (exact) mass is 364 g/mol. The van der Waals surface area contributed by atoms with Crippen LogP contribution in [0.25, 0.3) is 11.2 Å². The number of nitrogens with zero attached hydrogens (tertiary/aromatic N) is 1. The Kier molecular flexibility index (Phi) is 4.77. The molecule has 0 bridgehead atoms. The van der Waals surface area contributed by atoms with Crippen molar-refractivity contribution in [3.05, 3.63) is 21.3 Å². The fraction of sp³-hybridized carbons (Fsp3) is 0.364. The predicted molar refractivity (Wildman–Crippen MR) is 82.4 cm³/mol. The van der Waals surface area contributed by atoms with Crippen molar-refractivity contribution in [2.24, 2.45) is 0 Å². The van der Waals surface area contributed by atoms with Crippen molar-refractivity contribution in [3.63, 3.8) is 0 Å². The highest BCUT2D eigenvalue weighted by Crippen LogP contribution is 2.30. The molecule has 0 fully saturated rings. The lowest BCUT2D eigenvalue weighted by atomic mass is 10.4. The van der Waals surface area contributed by atoms with E-state index in [4.69, 9.17) is 21.1 Å². The maximum Gasteiger partial charge on any atom is 0.197 e. The minimum Gasteiger partial charge on any atom is -0.458 e. The van der Waals surface area contributed by atoms with Gasteiger partial charge in [-0.05, 0) is 15.9 Å². The maximum atomic E-state index is 10.9. The van der Waals surface area contributed by atoms with Crippen molar-refractivity contribution < 1.29 is 13.0 Å². The normalized spacial score (nSPS) is 12.8. The molecule has 0 spiro atoms. The number of hydrogen-bond acceptors (Lipinski definition) is 5. The zero-order valence-corrected chi connectivity index (χ0v) is 13.7. The molecule has 0 aliphatic rings. The molecule has 19 heavy (non-hydrogen) atoms. The Bertz CT molecular complexity index is 667. The molecule has 0 radical (unpaired) electrons. The summed E-state index contributed by atoms with van der Waals surface area (Å²) in [7, 11) is 0.870. The summed E-state index contributed by atoms with van der Waals surface area (Å²) >= 11 is 8.61. The molecule has 1 atom stereocenters. The van der Waals surface area contributed by atoms with E-state index in [-0.39, 0.29) is 0 Å². The predicted octanol–water partition coefficient (Wildman–Crippen LogP) is 2.84. The van der Waals surface area contributed by atoms with E-state index in [9.17, 15) is 4.21 Å². The van der Waals surface area contributed by atoms with Crippen LogP contribution in [0, 0.1) is 4.51 Å². The molecule has 0 aliphatic heterocycles. The number of rotatable bonds is 5. The summed E-state index contributed by atoms with van der Waals surface area (Å²) in [5, 5.41) is 0. The van der Waals surface area contributed by atoms with E-state index in [1.165, 1.54) is 0 Å². The Balaban J connectivity index is 2.22. The lowest BCUT2D eigenvalue weighted by molar-refractivity contribution is 0.569. The van der Waals surface area contributed by atoms with Gasteiger partial charge in [0.1, 0.15) is 6.26 Å². The van der Waals surface area contributed by atoms with Crippen molar-refractivity contribution in [1.82, 2.24) is 4.72 Å². The molecule has 0 amide bonds. The topological polar surface area (TPSA) is 58.6 Å². The van der Waals surface area contributed by atoms with Crippen LogP contribution in [-0.2, 0) is 11.0 Å². The molecule has 104 valence electrons. The Labute approximate surface area is 126 Å². The highest BCUT2D eigenvalue weighted by Gasteiger charge is 2.12. The van der Waals surface area contributed by atoms with Crippen molar-refractivity contribution in [3.8, 4) is 0 Å². The SMILES string of the molecule is CN(CCNS(C)=O)c1cc(=S)c2occ(Br)c2o1. The summed E-state index contributed by atoms with van der Waals surface area (Å²) in [4.78, 5) is 1.90. The van der Waals surface area contributed by atoms with E-state index in [0.29, 0.717) is 34.6 Å². The molecule has 2 aromatic heterocycles. The summed E-state index contributed by atoms with van der Waals surface area (Å²) < 4.78 is 26.2. The third-order valence-electron chi connectivity index (χ3n) is 2.52. The number of halogens is 1. The molecule has 0 saturated heterocycles. The van der Waals surface area contributed by atoms with E-state index in [1.54, 1.807) is 18.6 Å². The van der Waals surface area contributed by atoms with Crippen LogP contribution in [-0.4, -0.2) is 30.6 Å². The van der Waals surface area contributed by atoms with Crippen LogP contribution in [0.15, 0.2) is 25.6 Å². The van der Waals surface area contributed by atoms with Gasteiger partial charge in [0.25, 0.3) is 0 Å². The van der Waals surface area contributed by atoms with Gasteiger partial charge in [0.15, 0.2) is 17.1 Å². The van der Waals surface area contributed by atoms with Crippen LogP contribution >= 0.6 is 28.1 Å². The van der Waals surface area contributed by atoms with Gasteiger partial charge in [-0.1, -0.05) is 12.2 Å². The Morgan fingerprint density at radius 3 is 2.95 bits per heavy atom. The number of anilines is 1. The van der Waals surface area contributed by atoms with Gasteiger partial charge in [0.2, 0.25) is 0 Å². The zero-order chi connectivity index (χ0) is 14.0. The van der Waals surface area contributed by atoms with Crippen LogP contribution in [0.4, 0.5) is 5.88 Å². The van der Waals surface area contributed by atoms with Gasteiger partial charge in [0, 0.05) is 32.5 Å². The van der Waals surface area contributed by atoms with Gasteiger partial charge >= 0.3 is 0 Å². The van der Waals surface area contributed by atoms with Crippen LogP contribution < -0.4 is 9.62 Å². The first kappa shape index (κ1) is 14.7. The second kappa shape index (κ2) is 6.17. The molecule has 1 N–H and O–H groups in total. The molecule has 0 saturated carbocycles. The number of likely N-dealkylation sites (N-methyl/N-ethyl adjacent to an activating group) is 1. The molecule has 8 heteroatoms. The van der Waals surface area contributed by atoms with Crippen LogP contribution in [0.2, 0.25) is 0 Å². The average molecular weight is 365 g/mol. The molecule has 1 unspecified atom stereocenters. The molecular formula is C11H13BrN2O3S2. The summed E-state index contributed by atoms with van der Waals surface area (Å²) in [5.41, 5.74) is 1.16. The van der Waals surface area contributed by atoms with E-state index in [0.717, 1.165) is 4.47 Å². The first-order chi connectivity index (χ1) is 8.99. The Hall–Kier alpha value is -0.700. The number of nitrogens with one attached hydrogen (secondary N) is 1. The van der Waals surface area contributed by atoms with Crippen molar-refractivity contribution in [2.75, 3.05) is 31.3 Å². The van der Waals surface area contributed by atoms with E-state index in [1.807, 2.05) is 11.9 Å². The molecule has 2 rings (SSSR count). The van der Waals surface area contributed by atoms with Gasteiger partial charge in [-0.15, -0.1) is 0 Å². The number of fused-ring (bicyclic) bond motifs is 1. The highest BCUT2D eigenvalue weighted by atomic mass is 79.9. The largest absolute Gasteiger partial charge is 0.458 e. The second-order valence-electron chi connectivity index (χ2n) is 3.96. The average Bonchev–Trinajstić information content (AvgIpc) is 2.71. The Morgan fingerprint density at radius 2 is 2.26 bits per heavy atom. The minimum atomic E-state index is -1.01. The van der Waals surface area contributed by atoms with Crippen LogP contribution in [0.5, 0.6) is 0 Å². The summed E-state index contributed by atoms with van der Waals surface area (Å²) in [6.45, 7) is 1.24. The molecule has 2 heterocycles. The van der Waals surface area contributed by atoms with Crippen LogP contribution in [0.1, 0.15) is 0 Å². The summed E-state index contributed by atoms with van der Waals surface area (Å²) in [5.74, 6) is 0.642. The van der Waals surface area contributed by atoms with Crippen molar-refractivity contribution in [2.45, 2.75) is 0 Å². The molecule has 0 aromatic carbocycles. The van der Waals surface area contributed by atoms with Gasteiger partial charge in [0.05, 0.1) is 20.0 Å². The second-order valence-corrected chi connectivity index (χ2v) is 6.45. The number of hydrogen-bond donors (Lipinski definition) is 1. The maximum absolute atomic E-state index is 10.9. The van der Waals surface area contributed by atoms with Gasteiger partial charge < -0.3 is 13.7 Å². The van der Waals surface area contributed by atoms with Crippen LogP contribution in [0.3, 0.4) is 0 Å².